The van der Waals surface area contributed by atoms with E-state index in [1.165, 1.54) is 19.3 Å². The van der Waals surface area contributed by atoms with Crippen LogP contribution in [0.15, 0.2) is 42.7 Å². The first-order valence-electron chi connectivity index (χ1n) is 8.26. The minimum absolute atomic E-state index is 0.0400. The predicted octanol–water partition coefficient (Wildman–Crippen LogP) is 3.63. The quantitative estimate of drug-likeness (QED) is 0.940. The van der Waals surface area contributed by atoms with Gasteiger partial charge < -0.3 is 10.2 Å². The summed E-state index contributed by atoms with van der Waals surface area (Å²) in [6.45, 7) is 1.67. The molecule has 0 radical (unpaired) electrons. The summed E-state index contributed by atoms with van der Waals surface area (Å²) in [5, 5.41) is 3.12. The second-order valence-corrected chi connectivity index (χ2v) is 5.85. The van der Waals surface area contributed by atoms with Crippen LogP contribution < -0.4 is 5.32 Å². The first-order chi connectivity index (χ1) is 11.3. The van der Waals surface area contributed by atoms with Crippen LogP contribution in [0.4, 0.5) is 11.6 Å². The van der Waals surface area contributed by atoms with Gasteiger partial charge in [-0.1, -0.05) is 37.5 Å². The van der Waals surface area contributed by atoms with E-state index in [9.17, 15) is 4.79 Å². The largest absolute Gasteiger partial charge is 0.339 e. The summed E-state index contributed by atoms with van der Waals surface area (Å²) in [5.74, 6) is 0.540. The molecule has 23 heavy (non-hydrogen) atoms. The molecule has 0 bridgehead atoms. The third-order valence-corrected chi connectivity index (χ3v) is 4.07. The average Bonchev–Trinajstić information content (AvgIpc) is 2.56. The van der Waals surface area contributed by atoms with Crippen LogP contribution in [-0.2, 0) is 0 Å². The number of aromatic nitrogens is 2. The Balaban J connectivity index is 1.65. The van der Waals surface area contributed by atoms with Gasteiger partial charge in [-0.3, -0.25) is 4.79 Å². The molecule has 0 atom stereocenters. The standard InChI is InChI=1S/C18H22N4O/c23-17(22-11-7-2-1-3-8-12-22)15-13-19-18(20-14-15)21-16-9-5-4-6-10-16/h4-6,9-10,13-14H,1-3,7-8,11-12H2,(H,19,20,21). The van der Waals surface area contributed by atoms with Crippen molar-refractivity contribution in [2.24, 2.45) is 0 Å². The third kappa shape index (κ3) is 4.28. The van der Waals surface area contributed by atoms with E-state index in [4.69, 9.17) is 0 Å². The molecule has 5 heteroatoms. The molecule has 1 aromatic carbocycles. The van der Waals surface area contributed by atoms with Crippen molar-refractivity contribution in [2.45, 2.75) is 32.1 Å². The number of para-hydroxylation sites is 1. The Morgan fingerprint density at radius 2 is 1.52 bits per heavy atom. The Kier molecular flexibility index (Phi) is 5.19. The first kappa shape index (κ1) is 15.5. The van der Waals surface area contributed by atoms with Crippen LogP contribution in [0.2, 0.25) is 0 Å². The number of hydrogen-bond acceptors (Lipinski definition) is 4. The van der Waals surface area contributed by atoms with Crippen LogP contribution in [-0.4, -0.2) is 33.9 Å². The molecule has 2 heterocycles. The molecule has 1 aliphatic rings. The molecule has 0 spiro atoms. The topological polar surface area (TPSA) is 58.1 Å². The molecule has 3 rings (SSSR count). The smallest absolute Gasteiger partial charge is 0.256 e. The van der Waals surface area contributed by atoms with Crippen molar-refractivity contribution in [2.75, 3.05) is 18.4 Å². The number of carbonyl (C=O) groups excluding carboxylic acids is 1. The number of nitrogens with zero attached hydrogens (tertiary/aromatic N) is 3. The predicted molar refractivity (Wildman–Crippen MR) is 90.7 cm³/mol. The van der Waals surface area contributed by atoms with E-state index in [-0.39, 0.29) is 5.91 Å². The summed E-state index contributed by atoms with van der Waals surface area (Å²) in [6.07, 6.45) is 9.09. The zero-order valence-corrected chi connectivity index (χ0v) is 13.2. The number of anilines is 2. The van der Waals surface area contributed by atoms with Gasteiger partial charge in [0.2, 0.25) is 5.95 Å². The Bertz CT molecular complexity index is 619. The number of amides is 1. The van der Waals surface area contributed by atoms with Gasteiger partial charge in [0.25, 0.3) is 5.91 Å². The monoisotopic (exact) mass is 310 g/mol. The molecular formula is C18H22N4O. The second kappa shape index (κ2) is 7.72. The van der Waals surface area contributed by atoms with Crippen molar-refractivity contribution in [1.82, 2.24) is 14.9 Å². The molecule has 0 aliphatic carbocycles. The Morgan fingerprint density at radius 1 is 0.913 bits per heavy atom. The zero-order valence-electron chi connectivity index (χ0n) is 13.2. The lowest BCUT2D eigenvalue weighted by molar-refractivity contribution is 0.0741. The van der Waals surface area contributed by atoms with Gasteiger partial charge in [0.1, 0.15) is 0 Å². The van der Waals surface area contributed by atoms with E-state index in [1.54, 1.807) is 12.4 Å². The van der Waals surface area contributed by atoms with E-state index < -0.39 is 0 Å². The average molecular weight is 310 g/mol. The Hall–Kier alpha value is -2.43. The maximum absolute atomic E-state index is 12.6. The minimum atomic E-state index is 0.0400. The number of likely N-dealkylation sites (tertiary alicyclic amines) is 1. The lowest BCUT2D eigenvalue weighted by atomic mass is 10.1. The molecule has 1 aliphatic heterocycles. The molecule has 1 fully saturated rings. The first-order valence-corrected chi connectivity index (χ1v) is 8.26. The van der Waals surface area contributed by atoms with Gasteiger partial charge in [-0.25, -0.2) is 9.97 Å². The van der Waals surface area contributed by atoms with Crippen LogP contribution in [0.25, 0.3) is 0 Å². The number of benzene rings is 1. The number of rotatable bonds is 3. The zero-order chi connectivity index (χ0) is 15.9. The van der Waals surface area contributed by atoms with Gasteiger partial charge in [-0.2, -0.15) is 0 Å². The maximum Gasteiger partial charge on any atom is 0.256 e. The summed E-state index contributed by atoms with van der Waals surface area (Å²) in [4.78, 5) is 23.0. The van der Waals surface area contributed by atoms with Gasteiger partial charge in [0.15, 0.2) is 0 Å². The number of nitrogens with one attached hydrogen (secondary N) is 1. The van der Waals surface area contributed by atoms with Crippen molar-refractivity contribution < 1.29 is 4.79 Å². The molecule has 2 aromatic rings. The molecule has 1 aromatic heterocycles. The lowest BCUT2D eigenvalue weighted by Crippen LogP contribution is -2.34. The molecule has 5 nitrogen and oxygen atoms in total. The van der Waals surface area contributed by atoms with Crippen LogP contribution in [0, 0.1) is 0 Å². The normalized spacial score (nSPS) is 15.6. The molecule has 0 unspecified atom stereocenters. The van der Waals surface area contributed by atoms with E-state index in [1.807, 2.05) is 35.2 Å². The third-order valence-electron chi connectivity index (χ3n) is 4.07. The fourth-order valence-electron chi connectivity index (χ4n) is 2.79. The van der Waals surface area contributed by atoms with Crippen LogP contribution >= 0.6 is 0 Å². The van der Waals surface area contributed by atoms with Crippen LogP contribution in [0.5, 0.6) is 0 Å². The van der Waals surface area contributed by atoms with Crippen molar-refractivity contribution in [3.63, 3.8) is 0 Å². The Morgan fingerprint density at radius 3 is 2.17 bits per heavy atom. The van der Waals surface area contributed by atoms with Crippen LogP contribution in [0.1, 0.15) is 42.5 Å². The highest BCUT2D eigenvalue weighted by Gasteiger charge is 2.17. The molecule has 1 N–H and O–H groups in total. The molecule has 1 amide bonds. The highest BCUT2D eigenvalue weighted by molar-refractivity contribution is 5.93. The van der Waals surface area contributed by atoms with Crippen molar-refractivity contribution in [3.8, 4) is 0 Å². The Labute approximate surface area is 136 Å². The summed E-state index contributed by atoms with van der Waals surface area (Å²) in [7, 11) is 0. The van der Waals surface area contributed by atoms with E-state index in [0.717, 1.165) is 31.6 Å². The van der Waals surface area contributed by atoms with Gasteiger partial charge in [0, 0.05) is 31.2 Å². The molecule has 120 valence electrons. The van der Waals surface area contributed by atoms with Gasteiger partial charge in [0.05, 0.1) is 5.56 Å². The van der Waals surface area contributed by atoms with Gasteiger partial charge in [-0.05, 0) is 25.0 Å². The number of carbonyl (C=O) groups is 1. The maximum atomic E-state index is 12.6. The summed E-state index contributed by atoms with van der Waals surface area (Å²) < 4.78 is 0. The highest BCUT2D eigenvalue weighted by atomic mass is 16.2. The highest BCUT2D eigenvalue weighted by Crippen LogP contribution is 2.15. The second-order valence-electron chi connectivity index (χ2n) is 5.85. The summed E-state index contributed by atoms with van der Waals surface area (Å²) in [5.41, 5.74) is 1.49. The van der Waals surface area contributed by atoms with E-state index in [2.05, 4.69) is 15.3 Å². The van der Waals surface area contributed by atoms with Crippen LogP contribution in [0.3, 0.4) is 0 Å². The van der Waals surface area contributed by atoms with Gasteiger partial charge >= 0.3 is 0 Å². The van der Waals surface area contributed by atoms with Crippen molar-refractivity contribution in [1.29, 1.82) is 0 Å². The molecule has 1 saturated heterocycles. The number of hydrogen-bond donors (Lipinski definition) is 1. The van der Waals surface area contributed by atoms with Crippen molar-refractivity contribution >= 4 is 17.5 Å². The van der Waals surface area contributed by atoms with Crippen molar-refractivity contribution in [3.05, 3.63) is 48.3 Å². The summed E-state index contributed by atoms with van der Waals surface area (Å²) >= 11 is 0. The van der Waals surface area contributed by atoms with E-state index >= 15 is 0 Å². The molecular weight excluding hydrogens is 288 g/mol. The fraction of sp³-hybridized carbons (Fsp3) is 0.389. The molecule has 0 saturated carbocycles. The fourth-order valence-corrected chi connectivity index (χ4v) is 2.79. The SMILES string of the molecule is O=C(c1cnc(Nc2ccccc2)nc1)N1CCCCCCC1. The summed E-state index contributed by atoms with van der Waals surface area (Å²) in [6, 6.07) is 9.74. The van der Waals surface area contributed by atoms with Gasteiger partial charge in [-0.15, -0.1) is 0 Å². The minimum Gasteiger partial charge on any atom is -0.339 e. The lowest BCUT2D eigenvalue weighted by Gasteiger charge is -2.24. The van der Waals surface area contributed by atoms with E-state index in [0.29, 0.717) is 11.5 Å².